The van der Waals surface area contributed by atoms with Gasteiger partial charge in [0.2, 0.25) is 19.3 Å². The number of nitrogens with two attached hydrogens (primary N) is 1. The number of nitro groups is 4. The molecule has 124 heavy (non-hydrogen) atoms. The number of fused-ring (bicyclic) bond motifs is 9. The van der Waals surface area contributed by atoms with Gasteiger partial charge < -0.3 is 62.4 Å². The fourth-order valence-corrected chi connectivity index (χ4v) is 18.8. The number of nitrogens with one attached hydrogen (secondary N) is 1. The summed E-state index contributed by atoms with van der Waals surface area (Å²) in [6.07, 6.45) is 1.97. The molecular formula is C78H78B3Br4N7NaO21S10. The van der Waals surface area contributed by atoms with Crippen molar-refractivity contribution in [3.63, 3.8) is 0 Å². The van der Waals surface area contributed by atoms with Gasteiger partial charge in [-0.15, -0.1) is 79.4 Å². The van der Waals surface area contributed by atoms with Crippen LogP contribution in [-0.4, -0.2) is 133 Å². The van der Waals surface area contributed by atoms with Crippen molar-refractivity contribution in [3.8, 4) is 54.3 Å². The smallest absolute Gasteiger partial charge is 1.00 e. The third-order valence-electron chi connectivity index (χ3n) is 15.0. The number of thiol groups is 1. The van der Waals surface area contributed by atoms with E-state index in [1.807, 2.05) is 139 Å². The first-order chi connectivity index (χ1) is 57.8. The molecule has 4 aromatic carbocycles. The summed E-state index contributed by atoms with van der Waals surface area (Å²) < 4.78 is 28.4. The van der Waals surface area contributed by atoms with Gasteiger partial charge in [-0.25, -0.2) is 4.79 Å². The summed E-state index contributed by atoms with van der Waals surface area (Å²) in [4.78, 5) is 72.3. The number of benzene rings is 4. The van der Waals surface area contributed by atoms with Crippen molar-refractivity contribution in [2.75, 3.05) is 40.3 Å². The molecule has 16 rings (SSSR count). The number of halogens is 4. The maximum absolute atomic E-state index is 11.2. The van der Waals surface area contributed by atoms with Crippen molar-refractivity contribution >= 4 is 232 Å². The number of thiophene rings is 9. The van der Waals surface area contributed by atoms with Crippen LogP contribution in [0.25, 0.3) is 37.4 Å². The normalized spacial score (nSPS) is 12.3. The molecule has 13 aromatic rings. The van der Waals surface area contributed by atoms with E-state index in [4.69, 9.17) is 50.4 Å². The summed E-state index contributed by atoms with van der Waals surface area (Å²) in [7, 11) is 7.45. The van der Waals surface area contributed by atoms with Crippen LogP contribution < -0.4 is 60.3 Å². The number of nitrogens with zero attached hydrogens (tertiary/aromatic N) is 5. The van der Waals surface area contributed by atoms with Crippen LogP contribution in [0.2, 0.25) is 0 Å². The average molecular weight is 2150 g/mol. The van der Waals surface area contributed by atoms with Crippen molar-refractivity contribution in [1.82, 2.24) is 5.32 Å². The van der Waals surface area contributed by atoms with Gasteiger partial charge in [0, 0.05) is 117 Å². The van der Waals surface area contributed by atoms with Gasteiger partial charge in [0.25, 0.3) is 0 Å². The number of rotatable bonds is 15. The zero-order valence-electron chi connectivity index (χ0n) is 65.7. The van der Waals surface area contributed by atoms with Gasteiger partial charge in [0.15, 0.2) is 25.7 Å². The average Bonchev–Trinajstić information content (AvgIpc) is 1.69. The molecule has 46 heteroatoms. The maximum Gasteiger partial charge on any atom is 1.00 e. The number of para-hydroxylation sites is 4. The van der Waals surface area contributed by atoms with Crippen molar-refractivity contribution in [2.45, 2.75) is 45.1 Å². The van der Waals surface area contributed by atoms with Gasteiger partial charge in [0.05, 0.1) is 46.9 Å². The number of aromatic hydroxyl groups is 1. The number of carbonyl (C=O) groups excluding carboxylic acids is 3. The van der Waals surface area contributed by atoms with Gasteiger partial charge in [-0.1, -0.05) is 62.0 Å². The van der Waals surface area contributed by atoms with Crippen LogP contribution in [0.1, 0.15) is 92.9 Å². The third-order valence-corrected chi connectivity index (χ3v) is 26.3. The second kappa shape index (κ2) is 64.1. The predicted molar refractivity (Wildman–Crippen MR) is 516 cm³/mol. The number of phenolic OH excluding ortho intramolecular Hbond substituents is 1. The SMILES string of the molecule is C.COC(=O)NCC1Oc2ccccc2-c2sccc21.C[N+](=O)[O-].NCC1Oc2ccccc2-c2sccc21.O.O=Cc1ccsc1.O=Cc1ccsc1Br.O=[N+]([O-])/C=C/c1ccsc1Br.O=[N+]([O-])CC(O)c1ccsc1Br.O=[N+]([O-])CC1Oc2ccccc2-c2sccc21.OCc1ccsc1.OCc1ccsc1Br.O[B]c1ccccc1O.[B].[B]=NS.[H-].[Na+]. The number of alkyl carbamates (subject to hydrolysis) is 1. The largest absolute Gasteiger partial charge is 1.00 e. The molecule has 649 valence electrons. The van der Waals surface area contributed by atoms with Crippen LogP contribution in [0.5, 0.6) is 23.0 Å². The Morgan fingerprint density at radius 2 is 1.07 bits per heavy atom. The van der Waals surface area contributed by atoms with E-state index in [0.717, 1.165) is 121 Å². The molecule has 0 saturated carbocycles. The number of aliphatic hydroxyl groups excluding tert-OH is 3. The van der Waals surface area contributed by atoms with E-state index in [-0.39, 0.29) is 94.9 Å². The third kappa shape index (κ3) is 39.7. The van der Waals surface area contributed by atoms with Gasteiger partial charge in [-0.2, -0.15) is 22.7 Å². The summed E-state index contributed by atoms with van der Waals surface area (Å²) in [6, 6.07) is 47.2. The van der Waals surface area contributed by atoms with Crippen molar-refractivity contribution in [1.29, 1.82) is 0 Å². The van der Waals surface area contributed by atoms with E-state index in [1.54, 1.807) is 98.5 Å². The number of carbonyl (C=O) groups is 3. The first kappa shape index (κ1) is 114. The molecule has 1 amide bonds. The maximum atomic E-state index is 11.2. The minimum atomic E-state index is -1.01. The molecule has 0 aliphatic carbocycles. The minimum Gasteiger partial charge on any atom is -1.00 e. The molecule has 4 atom stereocenters. The second-order valence-corrected chi connectivity index (χ2v) is 36.3. The number of amides is 1. The quantitative estimate of drug-likeness (QED) is 0.0155. The number of phenols is 1. The van der Waals surface area contributed by atoms with E-state index < -0.39 is 39.6 Å². The number of aliphatic hydroxyl groups is 3. The van der Waals surface area contributed by atoms with Crippen molar-refractivity contribution in [2.24, 2.45) is 10.0 Å². The van der Waals surface area contributed by atoms with Crippen LogP contribution in [0.4, 0.5) is 4.79 Å². The molecule has 4 unspecified atom stereocenters. The minimum absolute atomic E-state index is 0. The summed E-state index contributed by atoms with van der Waals surface area (Å²) >= 11 is 30.3. The fraction of sp³-hybridized carbons (Fsp3) is 0.167. The Hall–Kier alpha value is -7.65. The summed E-state index contributed by atoms with van der Waals surface area (Å²) in [5.41, 5.74) is 17.6. The zero-order valence-corrected chi connectivity index (χ0v) is 81.3. The van der Waals surface area contributed by atoms with E-state index in [1.165, 1.54) is 85.5 Å². The van der Waals surface area contributed by atoms with E-state index >= 15 is 0 Å². The number of ether oxygens (including phenoxy) is 4. The molecule has 0 bridgehead atoms. The van der Waals surface area contributed by atoms with Crippen LogP contribution in [0.15, 0.2) is 236 Å². The standard InChI is InChI=1S/C14H13NO3S.C12H9NO3S.C12H11NOS.C6H6BO2.C6H6BrNO3S.C6H4BrNO2S.C5H5BrOS.C5H3BrOS.C5H6OS.C5H4OS.CH3NO2.CH4.BHNS.B.Na.H2O.H/c1-17-14(16)15-8-12-10-6-7-19-13(10)9-4-2-3-5-11(9)18-12;14-13(15)7-11-9-5-6-17-12(9)8-3-1-2-4-10(8)16-11;13-7-11-9-5-6-15-12(9)8-3-1-2-4-10(8)14-11;8-6-4-2-1-3-5(6)7-9;7-6-4(1-2-12-6)5(9)3-8(10)11;7-6-5(2-4-11-6)1-3-8(9)10;2*6-5-4(3-7)1-2-8-5;2*6-3-5-1-2-7-4-5;1-2(3)4;;1-2-3;;;;/h2-7,12H,8H2,1H3,(H,15,16);1-6,11H,7H2;1-6,11H,7,13H2;1-4,8-9H;1-2,5,9H,3H2;1-4H;1-2,7H,3H2;1-3H;1-2,4,6H,3H2;1-4H;1H3;1H4;3H;;;1H2;/q;;;;;;;;;;;;;;+1;;-1/b;;;;;3-1+;;;;;;;;;;;. The Balaban J connectivity index is 0.00000137. The Morgan fingerprint density at radius 3 is 1.43 bits per heavy atom. The number of hydrogen-bond acceptors (Lipinski definition) is 32. The summed E-state index contributed by atoms with van der Waals surface area (Å²) in [5, 5.41) is 107. The predicted octanol–water partition coefficient (Wildman–Crippen LogP) is 17.1. The Kier molecular flexibility index (Phi) is 59.2. The van der Waals surface area contributed by atoms with E-state index in [0.29, 0.717) is 24.1 Å². The molecule has 0 saturated heterocycles. The molecule has 12 heterocycles. The van der Waals surface area contributed by atoms with E-state index in [9.17, 15) is 49.8 Å². The number of aldehydes is 2. The molecule has 3 aliphatic rings. The second-order valence-electron chi connectivity index (χ2n) is 22.8. The molecule has 10 N–H and O–H groups in total. The molecule has 28 nitrogen and oxygen atoms in total. The molecular weight excluding hydrogens is 2070 g/mol. The van der Waals surface area contributed by atoms with Gasteiger partial charge in [-0.3, -0.25) is 50.0 Å². The summed E-state index contributed by atoms with van der Waals surface area (Å²) in [5.74, 6) is 2.63. The van der Waals surface area contributed by atoms with Crippen molar-refractivity contribution < 1.29 is 115 Å². The van der Waals surface area contributed by atoms with Crippen molar-refractivity contribution in [3.05, 3.63) is 323 Å². The Labute approximate surface area is 816 Å². The fourth-order valence-electron chi connectivity index (χ4n) is 9.63. The molecule has 0 spiro atoms. The molecule has 3 aliphatic heterocycles. The van der Waals surface area contributed by atoms with Gasteiger partial charge >= 0.3 is 67.9 Å². The van der Waals surface area contributed by atoms with Crippen LogP contribution in [0.3, 0.4) is 0 Å². The van der Waals surface area contributed by atoms with Gasteiger partial charge in [-0.05, 0) is 226 Å². The molecule has 0 fully saturated rings. The van der Waals surface area contributed by atoms with Crippen LogP contribution in [0, 0.1) is 40.5 Å². The van der Waals surface area contributed by atoms with Crippen LogP contribution in [-0.2, 0) is 18.0 Å². The number of hydrogen-bond donors (Lipinski definition) is 8. The van der Waals surface area contributed by atoms with Crippen LogP contribution >= 0.6 is 179 Å². The van der Waals surface area contributed by atoms with Gasteiger partial charge in [0.1, 0.15) is 41.3 Å². The first-order valence-electron chi connectivity index (χ1n) is 34.0. The zero-order chi connectivity index (χ0) is 87.9. The summed E-state index contributed by atoms with van der Waals surface area (Å²) in [6.45, 7) is 0.573. The first-order valence-corrected chi connectivity index (χ1v) is 45.6. The Bertz CT molecular complexity index is 5320. The van der Waals surface area contributed by atoms with E-state index in [2.05, 4.69) is 122 Å². The molecule has 5 radical (unpaired) electrons. The topological polar surface area (TPSA) is 444 Å². The monoisotopic (exact) mass is 2140 g/mol. The molecule has 9 aromatic heterocycles. The Morgan fingerprint density at radius 1 is 0.629 bits per heavy atom. The number of methoxy groups -OCH3 is 1.